The minimum atomic E-state index is -0.521. The molecule has 5 rings (SSSR count). The van der Waals surface area contributed by atoms with Crippen molar-refractivity contribution in [1.82, 2.24) is 4.90 Å². The van der Waals surface area contributed by atoms with Crippen molar-refractivity contribution >= 4 is 46.3 Å². The summed E-state index contributed by atoms with van der Waals surface area (Å²) in [7, 11) is 1.40. The molecule has 0 aliphatic carbocycles. The number of rotatable bonds is 6. The predicted octanol–water partition coefficient (Wildman–Crippen LogP) is 5.48. The number of benzene rings is 2. The normalized spacial score (nSPS) is 15.8. The van der Waals surface area contributed by atoms with E-state index < -0.39 is 16.1 Å². The van der Waals surface area contributed by atoms with Gasteiger partial charge in [-0.25, -0.2) is 0 Å². The number of hydrogen-bond donors (Lipinski definition) is 0. The van der Waals surface area contributed by atoms with Crippen molar-refractivity contribution in [3.63, 3.8) is 0 Å². The van der Waals surface area contributed by atoms with Gasteiger partial charge in [-0.2, -0.15) is 0 Å². The summed E-state index contributed by atoms with van der Waals surface area (Å²) in [4.78, 5) is 37.3. The van der Waals surface area contributed by atoms with Crippen molar-refractivity contribution < 1.29 is 33.1 Å². The minimum Gasteiger partial charge on any atom is -0.496 e. The summed E-state index contributed by atoms with van der Waals surface area (Å²) in [6.07, 6.45) is 1.47. The third kappa shape index (κ3) is 4.31. The lowest BCUT2D eigenvalue weighted by molar-refractivity contribution is -0.384. The van der Waals surface area contributed by atoms with Crippen LogP contribution in [0.25, 0.3) is 17.4 Å². The number of halogens is 1. The molecule has 2 aromatic carbocycles. The molecule has 1 saturated heterocycles. The molecule has 178 valence electrons. The van der Waals surface area contributed by atoms with E-state index in [4.69, 9.17) is 30.2 Å². The molecule has 1 fully saturated rings. The average molecular weight is 515 g/mol. The number of nitro benzene ring substituents is 1. The lowest BCUT2D eigenvalue weighted by Crippen LogP contribution is -2.27. The van der Waals surface area contributed by atoms with Gasteiger partial charge in [-0.3, -0.25) is 24.6 Å². The molecular weight excluding hydrogens is 500 g/mol. The summed E-state index contributed by atoms with van der Waals surface area (Å²) >= 11 is 7.08. The Kier molecular flexibility index (Phi) is 5.87. The number of methoxy groups -OCH3 is 1. The molecule has 0 radical (unpaired) electrons. The van der Waals surface area contributed by atoms with Gasteiger partial charge < -0.3 is 18.6 Å². The summed E-state index contributed by atoms with van der Waals surface area (Å²) in [5.41, 5.74) is 0.932. The van der Waals surface area contributed by atoms with Gasteiger partial charge in [0.15, 0.2) is 11.5 Å². The van der Waals surface area contributed by atoms with E-state index in [9.17, 15) is 19.7 Å². The molecule has 3 heterocycles. The van der Waals surface area contributed by atoms with E-state index in [-0.39, 0.29) is 29.7 Å². The first-order valence-electron chi connectivity index (χ1n) is 10.1. The number of ether oxygens (including phenoxy) is 3. The van der Waals surface area contributed by atoms with Gasteiger partial charge in [0.05, 0.1) is 35.1 Å². The monoisotopic (exact) mass is 514 g/mol. The third-order valence-electron chi connectivity index (χ3n) is 5.31. The Morgan fingerprint density at radius 2 is 1.94 bits per heavy atom. The Bertz CT molecular complexity index is 1420. The van der Waals surface area contributed by atoms with Crippen molar-refractivity contribution in [1.29, 1.82) is 0 Å². The second kappa shape index (κ2) is 9.01. The number of imide groups is 1. The van der Waals surface area contributed by atoms with Crippen molar-refractivity contribution in [2.75, 3.05) is 13.9 Å². The Morgan fingerprint density at radius 3 is 2.69 bits per heavy atom. The molecule has 10 nitrogen and oxygen atoms in total. The molecule has 0 atom stereocenters. The van der Waals surface area contributed by atoms with Crippen molar-refractivity contribution in [2.24, 2.45) is 0 Å². The van der Waals surface area contributed by atoms with E-state index in [0.717, 1.165) is 16.7 Å². The quantitative estimate of drug-likeness (QED) is 0.239. The number of nitrogens with zero attached hydrogens (tertiary/aromatic N) is 2. The largest absolute Gasteiger partial charge is 0.496 e. The van der Waals surface area contributed by atoms with Crippen LogP contribution in [0, 0.1) is 10.1 Å². The third-order valence-corrected chi connectivity index (χ3v) is 6.56. The number of amides is 2. The molecule has 2 aliphatic rings. The maximum Gasteiger partial charge on any atom is 0.293 e. The van der Waals surface area contributed by atoms with E-state index in [0.29, 0.717) is 39.2 Å². The fourth-order valence-corrected chi connectivity index (χ4v) is 4.62. The molecule has 0 saturated carbocycles. The van der Waals surface area contributed by atoms with Crippen molar-refractivity contribution in [2.45, 2.75) is 6.54 Å². The van der Waals surface area contributed by atoms with Crippen LogP contribution in [0.1, 0.15) is 11.3 Å². The lowest BCUT2D eigenvalue weighted by Gasteiger charge is -2.14. The predicted molar refractivity (Wildman–Crippen MR) is 126 cm³/mol. The van der Waals surface area contributed by atoms with Crippen molar-refractivity contribution in [3.8, 4) is 28.6 Å². The smallest absolute Gasteiger partial charge is 0.293 e. The van der Waals surface area contributed by atoms with Gasteiger partial charge >= 0.3 is 0 Å². The first kappa shape index (κ1) is 22.8. The number of carbonyl (C=O) groups is 2. The van der Waals surface area contributed by atoms with Gasteiger partial charge in [0.1, 0.15) is 17.3 Å². The highest BCUT2D eigenvalue weighted by atomic mass is 35.5. The van der Waals surface area contributed by atoms with Gasteiger partial charge in [0, 0.05) is 23.2 Å². The number of nitro groups is 1. The molecular formula is C23H15ClN2O8S. The summed E-state index contributed by atoms with van der Waals surface area (Å²) in [6.45, 7) is 0.0528. The lowest BCUT2D eigenvalue weighted by atomic mass is 10.1. The number of hydrogen-bond acceptors (Lipinski definition) is 9. The highest BCUT2D eigenvalue weighted by molar-refractivity contribution is 8.18. The molecule has 2 amide bonds. The van der Waals surface area contributed by atoms with E-state index in [1.54, 1.807) is 24.3 Å². The minimum absolute atomic E-state index is 0.0269. The number of fused-ring (bicyclic) bond motifs is 1. The molecule has 12 heteroatoms. The highest BCUT2D eigenvalue weighted by Crippen LogP contribution is 2.40. The molecule has 1 aromatic heterocycles. The van der Waals surface area contributed by atoms with Gasteiger partial charge in [-0.05, 0) is 41.6 Å². The van der Waals surface area contributed by atoms with Crippen LogP contribution >= 0.6 is 23.4 Å². The average Bonchev–Trinajstić information content (AvgIpc) is 3.55. The molecule has 0 unspecified atom stereocenters. The van der Waals surface area contributed by atoms with E-state index in [1.807, 2.05) is 0 Å². The zero-order chi connectivity index (χ0) is 24.7. The molecule has 2 aliphatic heterocycles. The fraction of sp³-hybridized carbons (Fsp3) is 0.130. The Hall–Kier alpha value is -3.96. The fourth-order valence-electron chi connectivity index (χ4n) is 3.59. The van der Waals surface area contributed by atoms with Crippen LogP contribution in [-0.4, -0.2) is 34.9 Å². The van der Waals surface area contributed by atoms with Gasteiger partial charge in [-0.1, -0.05) is 11.6 Å². The van der Waals surface area contributed by atoms with Crippen molar-refractivity contribution in [3.05, 3.63) is 73.8 Å². The van der Waals surface area contributed by atoms with E-state index >= 15 is 0 Å². The standard InChI is InChI=1S/C23H15ClN2O8S/c1-31-18-7-13(26(29)30)2-4-15(18)17-5-3-14(34-17)8-21-22(27)25(23(28)35-21)10-12-6-19-20(9-16(12)24)33-11-32-19/h2-9H,10-11H2,1H3/b21-8+. The van der Waals surface area contributed by atoms with Crippen LogP contribution in [0.5, 0.6) is 17.2 Å². The van der Waals surface area contributed by atoms with Gasteiger partial charge in [0.25, 0.3) is 16.8 Å². The summed E-state index contributed by atoms with van der Waals surface area (Å²) in [5, 5.41) is 10.9. The summed E-state index contributed by atoms with van der Waals surface area (Å²) in [6, 6.07) is 10.7. The van der Waals surface area contributed by atoms with E-state index in [1.165, 1.54) is 31.4 Å². The number of thioether (sulfide) groups is 1. The Morgan fingerprint density at radius 1 is 1.17 bits per heavy atom. The Labute approximate surface area is 207 Å². The molecule has 3 aromatic rings. The molecule has 0 N–H and O–H groups in total. The SMILES string of the molecule is COc1cc([N+](=O)[O-])ccc1-c1ccc(/C=C2/SC(=O)N(Cc3cc4c(cc3Cl)OCO4)C2=O)o1. The van der Waals surface area contributed by atoms with Crippen LogP contribution in [0.3, 0.4) is 0 Å². The van der Waals surface area contributed by atoms with Crippen LogP contribution in [0.2, 0.25) is 5.02 Å². The molecule has 0 spiro atoms. The summed E-state index contributed by atoms with van der Waals surface area (Å²) in [5.74, 6) is 1.49. The second-order valence-electron chi connectivity index (χ2n) is 7.41. The molecule has 0 bridgehead atoms. The number of non-ortho nitro benzene ring substituents is 1. The van der Waals surface area contributed by atoms with Gasteiger partial charge in [0.2, 0.25) is 6.79 Å². The molecule has 35 heavy (non-hydrogen) atoms. The van der Waals surface area contributed by atoms with Crippen LogP contribution in [0.15, 0.2) is 51.8 Å². The number of carbonyl (C=O) groups excluding carboxylic acids is 2. The first-order chi connectivity index (χ1) is 16.8. The maximum absolute atomic E-state index is 12.9. The highest BCUT2D eigenvalue weighted by Gasteiger charge is 2.36. The van der Waals surface area contributed by atoms with Crippen LogP contribution in [-0.2, 0) is 11.3 Å². The summed E-state index contributed by atoms with van der Waals surface area (Å²) < 4.78 is 21.7. The van der Waals surface area contributed by atoms with Crippen LogP contribution < -0.4 is 14.2 Å². The second-order valence-corrected chi connectivity index (χ2v) is 8.81. The first-order valence-corrected chi connectivity index (χ1v) is 11.3. The zero-order valence-electron chi connectivity index (χ0n) is 18.0. The zero-order valence-corrected chi connectivity index (χ0v) is 19.6. The van der Waals surface area contributed by atoms with Crippen LogP contribution in [0.4, 0.5) is 10.5 Å². The topological polar surface area (TPSA) is 121 Å². The van der Waals surface area contributed by atoms with Gasteiger partial charge in [-0.15, -0.1) is 0 Å². The Balaban J connectivity index is 1.37. The number of furan rings is 1. The maximum atomic E-state index is 12.9. The van der Waals surface area contributed by atoms with E-state index in [2.05, 4.69) is 0 Å².